The third-order valence-electron chi connectivity index (χ3n) is 5.84. The number of rotatable bonds is 6. The van der Waals surface area contributed by atoms with Crippen molar-refractivity contribution >= 4 is 11.9 Å². The topological polar surface area (TPSA) is 72.4 Å². The second kappa shape index (κ2) is 6.94. The molecule has 1 aromatic rings. The van der Waals surface area contributed by atoms with Gasteiger partial charge in [0.25, 0.3) is 0 Å². The Morgan fingerprint density at radius 1 is 1.08 bits per heavy atom. The second-order valence-corrected chi connectivity index (χ2v) is 7.60. The van der Waals surface area contributed by atoms with Crippen molar-refractivity contribution in [2.45, 2.75) is 64.0 Å². The van der Waals surface area contributed by atoms with Crippen LogP contribution in [-0.2, 0) is 4.74 Å². The van der Waals surface area contributed by atoms with Gasteiger partial charge < -0.3 is 19.7 Å². The molecule has 3 aliphatic rings. The third kappa shape index (κ3) is 3.52. The molecule has 0 bridgehead atoms. The van der Waals surface area contributed by atoms with Crippen LogP contribution in [0, 0.1) is 5.41 Å². The molecule has 1 unspecified atom stereocenters. The number of hydrogen-bond donors (Lipinski definition) is 1. The lowest BCUT2D eigenvalue weighted by atomic mass is 9.78. The molecular weight excluding hydrogens is 318 g/mol. The van der Waals surface area contributed by atoms with Gasteiger partial charge in [-0.05, 0) is 44.4 Å². The number of aromatic nitrogens is 3. The quantitative estimate of drug-likeness (QED) is 0.848. The molecule has 0 amide bonds. The zero-order valence-electron chi connectivity index (χ0n) is 15.3. The normalized spacial score (nSPS) is 31.4. The van der Waals surface area contributed by atoms with E-state index in [9.17, 15) is 0 Å². The standard InChI is InChI=1S/C18H29N5O2/c1-3-25-13-10-18(11-13)12-14(18)19-15-20-16(22-17(21-15)24-2)23-8-6-4-5-7-9-23/h13-14H,3-12H2,1-2H3,(H,19,20,21,22). The summed E-state index contributed by atoms with van der Waals surface area (Å²) in [5, 5.41) is 3.52. The monoisotopic (exact) mass is 347 g/mol. The SMILES string of the molecule is CCOC1CC2(C1)CC2Nc1nc(OC)nc(N2CCCCCC2)n1. The van der Waals surface area contributed by atoms with Crippen LogP contribution in [0.4, 0.5) is 11.9 Å². The molecule has 1 N–H and O–H groups in total. The van der Waals surface area contributed by atoms with Crippen molar-refractivity contribution in [1.82, 2.24) is 15.0 Å². The second-order valence-electron chi connectivity index (χ2n) is 7.60. The molecule has 2 aliphatic carbocycles. The molecule has 7 nitrogen and oxygen atoms in total. The highest BCUT2D eigenvalue weighted by Crippen LogP contribution is 2.62. The predicted octanol–water partition coefficient (Wildman–Crippen LogP) is 2.63. The predicted molar refractivity (Wildman–Crippen MR) is 96.2 cm³/mol. The fraction of sp³-hybridized carbons (Fsp3) is 0.833. The summed E-state index contributed by atoms with van der Waals surface area (Å²) in [5.41, 5.74) is 0.405. The van der Waals surface area contributed by atoms with Gasteiger partial charge in [0.05, 0.1) is 13.2 Å². The van der Waals surface area contributed by atoms with Crippen molar-refractivity contribution < 1.29 is 9.47 Å². The van der Waals surface area contributed by atoms with Crippen LogP contribution in [0.1, 0.15) is 51.9 Å². The van der Waals surface area contributed by atoms with Crippen LogP contribution in [0.2, 0.25) is 0 Å². The number of ether oxygens (including phenoxy) is 2. The van der Waals surface area contributed by atoms with Gasteiger partial charge in [0, 0.05) is 25.7 Å². The van der Waals surface area contributed by atoms with E-state index < -0.39 is 0 Å². The van der Waals surface area contributed by atoms with Crippen LogP contribution in [0.15, 0.2) is 0 Å². The number of nitrogens with zero attached hydrogens (tertiary/aromatic N) is 4. The minimum atomic E-state index is 0.396. The first-order valence-electron chi connectivity index (χ1n) is 9.65. The van der Waals surface area contributed by atoms with Gasteiger partial charge in [-0.1, -0.05) is 12.8 Å². The van der Waals surface area contributed by atoms with E-state index in [2.05, 4.69) is 32.1 Å². The first-order valence-corrected chi connectivity index (χ1v) is 9.65. The zero-order valence-corrected chi connectivity index (χ0v) is 15.3. The minimum Gasteiger partial charge on any atom is -0.467 e. The third-order valence-corrected chi connectivity index (χ3v) is 5.84. The Morgan fingerprint density at radius 2 is 1.84 bits per heavy atom. The molecule has 1 saturated heterocycles. The Kier molecular flexibility index (Phi) is 4.67. The Balaban J connectivity index is 1.42. The Morgan fingerprint density at radius 3 is 2.52 bits per heavy atom. The lowest BCUT2D eigenvalue weighted by Gasteiger charge is -2.36. The Labute approximate surface area is 149 Å². The van der Waals surface area contributed by atoms with E-state index in [0.717, 1.165) is 38.5 Å². The summed E-state index contributed by atoms with van der Waals surface area (Å²) in [6.45, 7) is 4.89. The van der Waals surface area contributed by atoms with Gasteiger partial charge in [-0.25, -0.2) is 0 Å². The molecule has 138 valence electrons. The van der Waals surface area contributed by atoms with E-state index in [1.807, 2.05) is 0 Å². The van der Waals surface area contributed by atoms with Gasteiger partial charge in [-0.2, -0.15) is 15.0 Å². The molecule has 1 aromatic heterocycles. The van der Waals surface area contributed by atoms with Crippen molar-refractivity contribution in [1.29, 1.82) is 0 Å². The van der Waals surface area contributed by atoms with Crippen molar-refractivity contribution in [3.8, 4) is 6.01 Å². The fourth-order valence-electron chi connectivity index (χ4n) is 4.27. The van der Waals surface area contributed by atoms with Gasteiger partial charge in [0.2, 0.25) is 11.9 Å². The molecule has 1 spiro atoms. The molecule has 25 heavy (non-hydrogen) atoms. The molecular formula is C18H29N5O2. The van der Waals surface area contributed by atoms with E-state index >= 15 is 0 Å². The molecule has 7 heteroatoms. The summed E-state index contributed by atoms with van der Waals surface area (Å²) in [7, 11) is 1.61. The zero-order chi connectivity index (χ0) is 17.3. The summed E-state index contributed by atoms with van der Waals surface area (Å²) < 4.78 is 11.0. The average molecular weight is 347 g/mol. The van der Waals surface area contributed by atoms with E-state index in [4.69, 9.17) is 9.47 Å². The maximum absolute atomic E-state index is 5.70. The number of hydrogen-bond acceptors (Lipinski definition) is 7. The Bertz CT molecular complexity index is 597. The highest BCUT2D eigenvalue weighted by atomic mass is 16.5. The molecule has 1 aliphatic heterocycles. The number of anilines is 2. The minimum absolute atomic E-state index is 0.396. The van der Waals surface area contributed by atoms with Gasteiger partial charge in [0.15, 0.2) is 0 Å². The summed E-state index contributed by atoms with van der Waals surface area (Å²) in [4.78, 5) is 15.8. The van der Waals surface area contributed by atoms with Crippen molar-refractivity contribution in [3.63, 3.8) is 0 Å². The van der Waals surface area contributed by atoms with Gasteiger partial charge in [-0.3, -0.25) is 0 Å². The van der Waals surface area contributed by atoms with Gasteiger partial charge in [0.1, 0.15) is 0 Å². The van der Waals surface area contributed by atoms with Crippen LogP contribution in [0.25, 0.3) is 0 Å². The summed E-state index contributed by atoms with van der Waals surface area (Å²) in [6.07, 6.45) is 8.90. The Hall–Kier alpha value is -1.63. The van der Waals surface area contributed by atoms with E-state index in [0.29, 0.717) is 29.5 Å². The maximum atomic E-state index is 5.70. The van der Waals surface area contributed by atoms with E-state index in [1.54, 1.807) is 7.11 Å². The highest BCUT2D eigenvalue weighted by molar-refractivity contribution is 5.41. The van der Waals surface area contributed by atoms with Crippen LogP contribution in [-0.4, -0.2) is 53.9 Å². The fourth-order valence-corrected chi connectivity index (χ4v) is 4.27. The first-order chi connectivity index (χ1) is 12.2. The van der Waals surface area contributed by atoms with Crippen LogP contribution < -0.4 is 15.0 Å². The summed E-state index contributed by atoms with van der Waals surface area (Å²) in [6, 6.07) is 0.848. The van der Waals surface area contributed by atoms with E-state index in [-0.39, 0.29) is 0 Å². The molecule has 1 atom stereocenters. The van der Waals surface area contributed by atoms with Crippen LogP contribution in [0.5, 0.6) is 6.01 Å². The van der Waals surface area contributed by atoms with Crippen LogP contribution in [0.3, 0.4) is 0 Å². The summed E-state index contributed by atoms with van der Waals surface area (Å²) in [5.74, 6) is 1.39. The van der Waals surface area contributed by atoms with Gasteiger partial charge in [-0.15, -0.1) is 0 Å². The number of nitrogens with one attached hydrogen (secondary N) is 1. The molecule has 0 radical (unpaired) electrons. The molecule has 0 aromatic carbocycles. The molecule has 2 saturated carbocycles. The van der Waals surface area contributed by atoms with Crippen molar-refractivity contribution in [2.24, 2.45) is 5.41 Å². The lowest BCUT2D eigenvalue weighted by molar-refractivity contribution is -0.0356. The van der Waals surface area contributed by atoms with Crippen LogP contribution >= 0.6 is 0 Å². The highest BCUT2D eigenvalue weighted by Gasteiger charge is 2.62. The average Bonchev–Trinajstić information content (AvgIpc) is 3.34. The first kappa shape index (κ1) is 16.8. The molecule has 4 rings (SSSR count). The maximum Gasteiger partial charge on any atom is 0.322 e. The molecule has 2 heterocycles. The summed E-state index contributed by atoms with van der Waals surface area (Å²) >= 11 is 0. The van der Waals surface area contributed by atoms with Crippen molar-refractivity contribution in [2.75, 3.05) is 37.0 Å². The van der Waals surface area contributed by atoms with Crippen molar-refractivity contribution in [3.05, 3.63) is 0 Å². The largest absolute Gasteiger partial charge is 0.467 e. The lowest BCUT2D eigenvalue weighted by Crippen LogP contribution is -2.36. The smallest absolute Gasteiger partial charge is 0.322 e. The van der Waals surface area contributed by atoms with E-state index in [1.165, 1.54) is 32.1 Å². The van der Waals surface area contributed by atoms with Gasteiger partial charge >= 0.3 is 6.01 Å². The number of methoxy groups -OCH3 is 1. The molecule has 3 fully saturated rings.